The lowest BCUT2D eigenvalue weighted by atomic mass is 9.91. The van der Waals surface area contributed by atoms with E-state index in [-0.39, 0.29) is 24.1 Å². The van der Waals surface area contributed by atoms with Gasteiger partial charge >= 0.3 is 0 Å². The zero-order chi connectivity index (χ0) is 19.8. The standard InChI is InChI=1S/C19H21ClN6O2/c1-10-4-5-11(20)8-13(10)22-18(28)12-9-14(27)23-17-15(12)16(21)24-19(25-17)26-6-2-3-7-26/h4-5,8,12H,2-3,6-7,9H2,1H3,(H,22,28)(H3,21,23,24,25,27). The minimum Gasteiger partial charge on any atom is -0.383 e. The van der Waals surface area contributed by atoms with E-state index in [0.717, 1.165) is 31.5 Å². The van der Waals surface area contributed by atoms with Crippen molar-refractivity contribution < 1.29 is 9.59 Å². The fraction of sp³-hybridized carbons (Fsp3) is 0.368. The van der Waals surface area contributed by atoms with Crippen molar-refractivity contribution >= 4 is 46.7 Å². The topological polar surface area (TPSA) is 113 Å². The van der Waals surface area contributed by atoms with Crippen molar-refractivity contribution in [2.45, 2.75) is 32.1 Å². The van der Waals surface area contributed by atoms with Crippen molar-refractivity contribution in [2.24, 2.45) is 0 Å². The molecular weight excluding hydrogens is 380 g/mol. The average molecular weight is 401 g/mol. The Bertz CT molecular complexity index is 958. The van der Waals surface area contributed by atoms with Crippen molar-refractivity contribution in [1.29, 1.82) is 0 Å². The van der Waals surface area contributed by atoms with Crippen LogP contribution in [0.15, 0.2) is 18.2 Å². The van der Waals surface area contributed by atoms with Crippen molar-refractivity contribution in [2.75, 3.05) is 34.4 Å². The Morgan fingerprint density at radius 3 is 2.82 bits per heavy atom. The Balaban J connectivity index is 1.67. The van der Waals surface area contributed by atoms with Crippen LogP contribution in [0.25, 0.3) is 0 Å². The number of nitrogens with one attached hydrogen (secondary N) is 2. The van der Waals surface area contributed by atoms with E-state index in [1.807, 2.05) is 17.9 Å². The van der Waals surface area contributed by atoms with Crippen molar-refractivity contribution in [3.8, 4) is 0 Å². The van der Waals surface area contributed by atoms with E-state index in [4.69, 9.17) is 17.3 Å². The summed E-state index contributed by atoms with van der Waals surface area (Å²) in [6.45, 7) is 3.57. The summed E-state index contributed by atoms with van der Waals surface area (Å²) >= 11 is 6.04. The Hall–Kier alpha value is -2.87. The van der Waals surface area contributed by atoms with E-state index >= 15 is 0 Å². The number of nitrogens with zero attached hydrogens (tertiary/aromatic N) is 3. The van der Waals surface area contributed by atoms with Gasteiger partial charge in [-0.3, -0.25) is 9.59 Å². The fourth-order valence-electron chi connectivity index (χ4n) is 3.61. The van der Waals surface area contributed by atoms with Crippen LogP contribution in [0.3, 0.4) is 0 Å². The predicted octanol–water partition coefficient (Wildman–Crippen LogP) is 2.69. The average Bonchev–Trinajstić information content (AvgIpc) is 3.18. The van der Waals surface area contributed by atoms with E-state index < -0.39 is 5.92 Å². The number of nitrogens with two attached hydrogens (primary N) is 1. The van der Waals surface area contributed by atoms with Crippen LogP contribution < -0.4 is 21.3 Å². The second-order valence-electron chi connectivity index (χ2n) is 7.12. The normalized spacial score (nSPS) is 18.6. The maximum absolute atomic E-state index is 13.0. The first-order valence-electron chi connectivity index (χ1n) is 9.21. The summed E-state index contributed by atoms with van der Waals surface area (Å²) in [6, 6.07) is 5.25. The molecule has 146 valence electrons. The van der Waals surface area contributed by atoms with Crippen LogP contribution in [0, 0.1) is 6.92 Å². The number of amides is 2. The van der Waals surface area contributed by atoms with Gasteiger partial charge in [0.15, 0.2) is 0 Å². The molecule has 1 atom stereocenters. The zero-order valence-electron chi connectivity index (χ0n) is 15.5. The van der Waals surface area contributed by atoms with E-state index in [9.17, 15) is 9.59 Å². The first-order chi connectivity index (χ1) is 13.4. The number of nitrogen functional groups attached to an aromatic ring is 1. The van der Waals surface area contributed by atoms with Gasteiger partial charge in [-0.1, -0.05) is 17.7 Å². The number of hydrogen-bond donors (Lipinski definition) is 3. The van der Waals surface area contributed by atoms with Crippen LogP contribution in [-0.4, -0.2) is 34.9 Å². The van der Waals surface area contributed by atoms with Gasteiger partial charge in [0.25, 0.3) is 0 Å². The Morgan fingerprint density at radius 2 is 2.07 bits per heavy atom. The highest BCUT2D eigenvalue weighted by atomic mass is 35.5. The summed E-state index contributed by atoms with van der Waals surface area (Å²) in [5.41, 5.74) is 8.12. The lowest BCUT2D eigenvalue weighted by Crippen LogP contribution is -2.33. The molecule has 0 bridgehead atoms. The lowest BCUT2D eigenvalue weighted by molar-refractivity contribution is -0.123. The number of carbonyl (C=O) groups is 2. The summed E-state index contributed by atoms with van der Waals surface area (Å²) < 4.78 is 0. The summed E-state index contributed by atoms with van der Waals surface area (Å²) in [7, 11) is 0. The van der Waals surface area contributed by atoms with Crippen LogP contribution in [0.2, 0.25) is 5.02 Å². The van der Waals surface area contributed by atoms with Crippen LogP contribution in [-0.2, 0) is 9.59 Å². The maximum atomic E-state index is 13.0. The van der Waals surface area contributed by atoms with Gasteiger partial charge in [0.1, 0.15) is 11.6 Å². The Labute approximate surface area is 167 Å². The molecule has 1 aromatic carbocycles. The smallest absolute Gasteiger partial charge is 0.232 e. The quantitative estimate of drug-likeness (QED) is 0.730. The lowest BCUT2D eigenvalue weighted by Gasteiger charge is -2.27. The van der Waals surface area contributed by atoms with E-state index in [0.29, 0.717) is 28.0 Å². The molecule has 2 aromatic rings. The molecule has 0 saturated carbocycles. The van der Waals surface area contributed by atoms with Crippen LogP contribution in [0.1, 0.15) is 36.3 Å². The summed E-state index contributed by atoms with van der Waals surface area (Å²) in [5.74, 6) is -0.370. The molecule has 2 aliphatic heterocycles. The Morgan fingerprint density at radius 1 is 1.32 bits per heavy atom. The first kappa shape index (κ1) is 18.5. The van der Waals surface area contributed by atoms with Gasteiger partial charge in [-0.15, -0.1) is 0 Å². The van der Waals surface area contributed by atoms with Gasteiger partial charge in [-0.25, -0.2) is 0 Å². The summed E-state index contributed by atoms with van der Waals surface area (Å²) in [5, 5.41) is 6.10. The van der Waals surface area contributed by atoms with Gasteiger partial charge < -0.3 is 21.3 Å². The molecule has 1 aromatic heterocycles. The Kier molecular flexibility index (Phi) is 4.80. The van der Waals surface area contributed by atoms with Gasteiger partial charge in [0.2, 0.25) is 17.8 Å². The highest BCUT2D eigenvalue weighted by Crippen LogP contribution is 2.37. The van der Waals surface area contributed by atoms with Crippen molar-refractivity contribution in [1.82, 2.24) is 9.97 Å². The number of benzene rings is 1. The minimum absolute atomic E-state index is 0.0188. The minimum atomic E-state index is -0.769. The van der Waals surface area contributed by atoms with Gasteiger partial charge in [0, 0.05) is 30.2 Å². The molecule has 0 radical (unpaired) electrons. The van der Waals surface area contributed by atoms with Crippen LogP contribution in [0.4, 0.5) is 23.3 Å². The molecule has 0 aliphatic carbocycles. The fourth-order valence-corrected chi connectivity index (χ4v) is 3.79. The molecule has 1 saturated heterocycles. The summed E-state index contributed by atoms with van der Waals surface area (Å²) in [4.78, 5) is 36.1. The molecule has 28 heavy (non-hydrogen) atoms. The van der Waals surface area contributed by atoms with E-state index in [1.165, 1.54) is 0 Å². The van der Waals surface area contributed by atoms with Crippen LogP contribution in [0.5, 0.6) is 0 Å². The summed E-state index contributed by atoms with van der Waals surface area (Å²) in [6.07, 6.45) is 2.11. The molecular formula is C19H21ClN6O2. The molecule has 3 heterocycles. The second kappa shape index (κ2) is 7.27. The van der Waals surface area contributed by atoms with Crippen molar-refractivity contribution in [3.05, 3.63) is 34.3 Å². The van der Waals surface area contributed by atoms with Crippen molar-refractivity contribution in [3.63, 3.8) is 0 Å². The number of halogens is 1. The van der Waals surface area contributed by atoms with Crippen LogP contribution >= 0.6 is 11.6 Å². The zero-order valence-corrected chi connectivity index (χ0v) is 16.2. The highest BCUT2D eigenvalue weighted by Gasteiger charge is 2.35. The molecule has 0 spiro atoms. The maximum Gasteiger partial charge on any atom is 0.232 e. The van der Waals surface area contributed by atoms with Gasteiger partial charge in [-0.05, 0) is 37.5 Å². The first-order valence-corrected chi connectivity index (χ1v) is 9.59. The number of fused-ring (bicyclic) bond motifs is 1. The molecule has 9 heteroatoms. The van der Waals surface area contributed by atoms with Gasteiger partial charge in [0.05, 0.1) is 11.5 Å². The number of aromatic nitrogens is 2. The number of carbonyl (C=O) groups excluding carboxylic acids is 2. The molecule has 8 nitrogen and oxygen atoms in total. The third-order valence-corrected chi connectivity index (χ3v) is 5.36. The molecule has 2 aliphatic rings. The number of aryl methyl sites for hydroxylation is 1. The SMILES string of the molecule is Cc1ccc(Cl)cc1NC(=O)C1CC(=O)Nc2nc(N3CCCC3)nc(N)c21. The third-order valence-electron chi connectivity index (χ3n) is 5.12. The van der Waals surface area contributed by atoms with E-state index in [2.05, 4.69) is 20.6 Å². The molecule has 1 fully saturated rings. The number of rotatable bonds is 3. The van der Waals surface area contributed by atoms with E-state index in [1.54, 1.807) is 12.1 Å². The molecule has 2 amide bonds. The van der Waals surface area contributed by atoms with Gasteiger partial charge in [-0.2, -0.15) is 9.97 Å². The largest absolute Gasteiger partial charge is 0.383 e. The molecule has 4 rings (SSSR count). The monoisotopic (exact) mass is 400 g/mol. The third kappa shape index (κ3) is 3.47. The second-order valence-corrected chi connectivity index (χ2v) is 7.56. The highest BCUT2D eigenvalue weighted by molar-refractivity contribution is 6.31. The predicted molar refractivity (Wildman–Crippen MR) is 109 cm³/mol. The molecule has 1 unspecified atom stereocenters. The number of hydrogen-bond acceptors (Lipinski definition) is 6. The molecule has 4 N–H and O–H groups in total. The number of anilines is 4.